The molecule has 5 atom stereocenters. The van der Waals surface area contributed by atoms with E-state index < -0.39 is 0 Å². The van der Waals surface area contributed by atoms with E-state index in [2.05, 4.69) is 28.9 Å². The van der Waals surface area contributed by atoms with Crippen molar-refractivity contribution in [3.8, 4) is 11.5 Å². The fourth-order valence-electron chi connectivity index (χ4n) is 9.47. The number of unbranched alkanes of at least 4 members (excludes halogenated alkanes) is 1. The van der Waals surface area contributed by atoms with E-state index in [9.17, 15) is 9.59 Å². The molecule has 2 aliphatic heterocycles. The molecular weight excluding hydrogens is 488 g/mol. The van der Waals surface area contributed by atoms with E-state index >= 15 is 0 Å². The van der Waals surface area contributed by atoms with E-state index in [1.807, 2.05) is 0 Å². The summed E-state index contributed by atoms with van der Waals surface area (Å²) >= 11 is 0. The van der Waals surface area contributed by atoms with Gasteiger partial charge in [-0.05, 0) is 76.0 Å². The SMILES string of the molecule is CCN(C(=O)CCCCC1CCCCC1)[C@@H]1CC[C@H]2[C@H]3Cc4ccc(OC)c5c4[C@@]2(CCN3CC(C)=O)[C@H]1O5. The topological polar surface area (TPSA) is 59.1 Å². The average Bonchev–Trinajstić information content (AvgIpc) is 3.29. The number of rotatable bonds is 10. The van der Waals surface area contributed by atoms with Crippen molar-refractivity contribution in [1.29, 1.82) is 0 Å². The number of methoxy groups -OCH3 is 1. The number of likely N-dealkylation sites (N-methyl/N-ethyl adjacent to an activating group) is 1. The Balaban J connectivity index is 1.24. The zero-order valence-electron chi connectivity index (χ0n) is 24.4. The van der Waals surface area contributed by atoms with Crippen LogP contribution in [0.1, 0.15) is 102 Å². The van der Waals surface area contributed by atoms with Crippen LogP contribution in [0.3, 0.4) is 0 Å². The lowest BCUT2D eigenvalue weighted by Gasteiger charge is -2.60. The van der Waals surface area contributed by atoms with Gasteiger partial charge in [-0.15, -0.1) is 0 Å². The Morgan fingerprint density at radius 1 is 1.13 bits per heavy atom. The molecule has 0 radical (unpaired) electrons. The second-order valence-electron chi connectivity index (χ2n) is 13.1. The number of ketones is 1. The van der Waals surface area contributed by atoms with Crippen LogP contribution in [-0.2, 0) is 21.4 Å². The number of nitrogens with zero attached hydrogens (tertiary/aromatic N) is 2. The minimum Gasteiger partial charge on any atom is -0.493 e. The smallest absolute Gasteiger partial charge is 0.222 e. The normalized spacial score (nSPS) is 31.4. The predicted octanol–water partition coefficient (Wildman–Crippen LogP) is 5.68. The van der Waals surface area contributed by atoms with E-state index in [-0.39, 0.29) is 23.3 Å². The Hall–Kier alpha value is -2.08. The van der Waals surface area contributed by atoms with Crippen molar-refractivity contribution in [2.45, 2.75) is 121 Å². The lowest BCUT2D eigenvalue weighted by Crippen LogP contribution is -2.69. The maximum atomic E-state index is 13.7. The van der Waals surface area contributed by atoms with Gasteiger partial charge in [0.25, 0.3) is 0 Å². The van der Waals surface area contributed by atoms with Crippen LogP contribution in [0.2, 0.25) is 0 Å². The van der Waals surface area contributed by atoms with Gasteiger partial charge in [-0.2, -0.15) is 0 Å². The summed E-state index contributed by atoms with van der Waals surface area (Å²) in [7, 11) is 1.73. The molecule has 6 nitrogen and oxygen atoms in total. The average molecular weight is 537 g/mol. The Morgan fingerprint density at radius 3 is 2.69 bits per heavy atom. The number of piperidine rings is 1. The number of amides is 1. The molecule has 1 saturated heterocycles. The first-order chi connectivity index (χ1) is 19.0. The molecule has 214 valence electrons. The van der Waals surface area contributed by atoms with Crippen LogP contribution in [0.4, 0.5) is 0 Å². The second-order valence-corrected chi connectivity index (χ2v) is 13.1. The van der Waals surface area contributed by atoms with E-state index in [4.69, 9.17) is 9.47 Å². The van der Waals surface area contributed by atoms with Gasteiger partial charge in [0.05, 0.1) is 19.7 Å². The third-order valence-corrected chi connectivity index (χ3v) is 11.1. The van der Waals surface area contributed by atoms with Crippen molar-refractivity contribution in [2.75, 3.05) is 26.7 Å². The highest BCUT2D eigenvalue weighted by Gasteiger charge is 2.66. The molecule has 3 fully saturated rings. The van der Waals surface area contributed by atoms with Crippen LogP contribution >= 0.6 is 0 Å². The molecule has 2 bridgehead atoms. The summed E-state index contributed by atoms with van der Waals surface area (Å²) in [5.74, 6) is 3.61. The summed E-state index contributed by atoms with van der Waals surface area (Å²) in [6.45, 7) is 6.02. The summed E-state index contributed by atoms with van der Waals surface area (Å²) < 4.78 is 12.8. The van der Waals surface area contributed by atoms with Crippen molar-refractivity contribution in [1.82, 2.24) is 9.80 Å². The molecule has 39 heavy (non-hydrogen) atoms. The molecule has 2 heterocycles. The molecule has 1 aromatic carbocycles. The van der Waals surface area contributed by atoms with Crippen LogP contribution in [0.15, 0.2) is 12.1 Å². The predicted molar refractivity (Wildman–Crippen MR) is 152 cm³/mol. The highest BCUT2D eigenvalue weighted by molar-refractivity contribution is 5.78. The number of likely N-dealkylation sites (tertiary alicyclic amines) is 1. The second kappa shape index (κ2) is 11.1. The Bertz CT molecular complexity index is 1080. The lowest BCUT2D eigenvalue weighted by molar-refractivity contribution is -0.143. The highest BCUT2D eigenvalue weighted by Crippen LogP contribution is 2.64. The zero-order chi connectivity index (χ0) is 27.1. The molecule has 1 spiro atoms. The van der Waals surface area contributed by atoms with Gasteiger partial charge >= 0.3 is 0 Å². The molecule has 6 heteroatoms. The third-order valence-electron chi connectivity index (χ3n) is 11.1. The molecular formula is C33H48N2O4. The summed E-state index contributed by atoms with van der Waals surface area (Å²) in [6.07, 6.45) is 15.0. The highest BCUT2D eigenvalue weighted by atomic mass is 16.5. The quantitative estimate of drug-likeness (QED) is 0.360. The first-order valence-corrected chi connectivity index (χ1v) is 15.9. The Morgan fingerprint density at radius 2 is 1.95 bits per heavy atom. The lowest BCUT2D eigenvalue weighted by atomic mass is 9.51. The number of Topliss-reactive ketones (excluding diaryl/α,β-unsaturated/α-hetero) is 1. The first kappa shape index (κ1) is 27.1. The van der Waals surface area contributed by atoms with E-state index in [1.165, 1.54) is 56.1 Å². The van der Waals surface area contributed by atoms with Crippen LogP contribution in [0.5, 0.6) is 11.5 Å². The minimum atomic E-state index is -0.104. The molecule has 6 rings (SSSR count). The van der Waals surface area contributed by atoms with Gasteiger partial charge in [0.2, 0.25) is 5.91 Å². The number of hydrogen-bond donors (Lipinski definition) is 0. The molecule has 0 aromatic heterocycles. The largest absolute Gasteiger partial charge is 0.493 e. The molecule has 5 aliphatic rings. The van der Waals surface area contributed by atoms with Crippen LogP contribution < -0.4 is 9.47 Å². The zero-order valence-corrected chi connectivity index (χ0v) is 24.4. The van der Waals surface area contributed by atoms with Gasteiger partial charge in [0.1, 0.15) is 11.9 Å². The van der Waals surface area contributed by atoms with E-state index in [1.54, 1.807) is 14.0 Å². The molecule has 1 amide bonds. The van der Waals surface area contributed by atoms with Crippen LogP contribution in [-0.4, -0.2) is 66.4 Å². The van der Waals surface area contributed by atoms with Crippen molar-refractivity contribution in [3.63, 3.8) is 0 Å². The van der Waals surface area contributed by atoms with Crippen LogP contribution in [0.25, 0.3) is 0 Å². The van der Waals surface area contributed by atoms with Gasteiger partial charge in [0, 0.05) is 30.0 Å². The van der Waals surface area contributed by atoms with Crippen molar-refractivity contribution >= 4 is 11.7 Å². The maximum Gasteiger partial charge on any atom is 0.222 e. The number of carbonyl (C=O) groups is 2. The molecule has 2 saturated carbocycles. The van der Waals surface area contributed by atoms with Crippen LogP contribution in [0, 0.1) is 11.8 Å². The Kier molecular flexibility index (Phi) is 7.69. The van der Waals surface area contributed by atoms with Gasteiger partial charge in [-0.25, -0.2) is 0 Å². The molecule has 0 unspecified atom stereocenters. The van der Waals surface area contributed by atoms with Crippen molar-refractivity contribution in [3.05, 3.63) is 23.3 Å². The fourth-order valence-corrected chi connectivity index (χ4v) is 9.47. The fraction of sp³-hybridized carbons (Fsp3) is 0.758. The van der Waals surface area contributed by atoms with E-state index in [0.717, 1.165) is 62.6 Å². The van der Waals surface area contributed by atoms with Crippen molar-refractivity contribution < 1.29 is 19.1 Å². The summed E-state index contributed by atoms with van der Waals surface area (Å²) in [5.41, 5.74) is 2.60. The standard InChI is InChI=1S/C33H48N2O4/c1-4-35(29(37)13-9-8-12-23-10-6-5-7-11-23)26-16-15-25-27-20-24-14-17-28(38-3)31-30(24)33(25,32(26)39-31)18-19-34(27)21-22(2)36/h14,17,23,25-27,32H,4-13,15-16,18-21H2,1-3H3/t25-,26+,27+,32-,33-/m0/s1. The van der Waals surface area contributed by atoms with Gasteiger partial charge in [-0.1, -0.05) is 51.0 Å². The van der Waals surface area contributed by atoms with Gasteiger partial charge < -0.3 is 14.4 Å². The molecule has 0 N–H and O–H groups in total. The van der Waals surface area contributed by atoms with E-state index in [0.29, 0.717) is 30.8 Å². The van der Waals surface area contributed by atoms with Gasteiger partial charge in [-0.3, -0.25) is 14.5 Å². The number of hydrogen-bond acceptors (Lipinski definition) is 5. The third kappa shape index (κ3) is 4.59. The number of ether oxygens (including phenoxy) is 2. The number of carbonyl (C=O) groups excluding carboxylic acids is 2. The summed E-state index contributed by atoms with van der Waals surface area (Å²) in [6, 6.07) is 4.72. The monoisotopic (exact) mass is 536 g/mol. The van der Waals surface area contributed by atoms with Crippen molar-refractivity contribution in [2.24, 2.45) is 11.8 Å². The first-order valence-electron chi connectivity index (χ1n) is 15.9. The summed E-state index contributed by atoms with van der Waals surface area (Å²) in [4.78, 5) is 30.5. The number of benzene rings is 1. The molecule has 3 aliphatic carbocycles. The Labute approximate surface area is 234 Å². The maximum absolute atomic E-state index is 13.7. The minimum absolute atomic E-state index is 0.0466. The van der Waals surface area contributed by atoms with Gasteiger partial charge in [0.15, 0.2) is 11.5 Å². The molecule has 1 aromatic rings. The summed E-state index contributed by atoms with van der Waals surface area (Å²) in [5, 5.41) is 0.